The lowest BCUT2D eigenvalue weighted by atomic mass is 10.1. The number of likely N-dealkylation sites (tertiary alicyclic amines) is 1. The smallest absolute Gasteiger partial charge is 0.282 e. The van der Waals surface area contributed by atoms with E-state index in [1.165, 1.54) is 0 Å². The molecule has 2 saturated heterocycles. The van der Waals surface area contributed by atoms with E-state index in [0.29, 0.717) is 6.54 Å². The van der Waals surface area contributed by atoms with Gasteiger partial charge in [-0.25, -0.2) is 0 Å². The van der Waals surface area contributed by atoms with Gasteiger partial charge in [0.05, 0.1) is 12.3 Å². The van der Waals surface area contributed by atoms with Gasteiger partial charge in [0.1, 0.15) is 5.76 Å². The van der Waals surface area contributed by atoms with Crippen molar-refractivity contribution in [3.05, 3.63) is 24.2 Å². The molecule has 1 aromatic rings. The average Bonchev–Trinajstić information content (AvgIpc) is 3.16. The first-order valence-electron chi connectivity index (χ1n) is 7.97. The second-order valence-electron chi connectivity index (χ2n) is 6.37. The highest BCUT2D eigenvalue weighted by atomic mass is 32.2. The van der Waals surface area contributed by atoms with Gasteiger partial charge in [0.15, 0.2) is 0 Å². The summed E-state index contributed by atoms with van der Waals surface area (Å²) in [5, 5.41) is 0. The number of hydrogen-bond acceptors (Lipinski definition) is 4. The Morgan fingerprint density at radius 3 is 2.73 bits per heavy atom. The summed E-state index contributed by atoms with van der Waals surface area (Å²) in [6.07, 6.45) is 5.29. The number of furan rings is 1. The van der Waals surface area contributed by atoms with E-state index in [-0.39, 0.29) is 12.1 Å². The molecule has 2 fully saturated rings. The van der Waals surface area contributed by atoms with E-state index in [9.17, 15) is 8.42 Å². The van der Waals surface area contributed by atoms with Crippen molar-refractivity contribution in [2.45, 2.75) is 37.8 Å². The quantitative estimate of drug-likeness (QED) is 0.844. The highest BCUT2D eigenvalue weighted by Crippen LogP contribution is 2.36. The summed E-state index contributed by atoms with van der Waals surface area (Å²) in [7, 11) is 0.312. The fourth-order valence-electron chi connectivity index (χ4n) is 3.57. The van der Waals surface area contributed by atoms with Gasteiger partial charge in [-0.1, -0.05) is 0 Å². The molecule has 0 radical (unpaired) electrons. The molecule has 6 nitrogen and oxygen atoms in total. The van der Waals surface area contributed by atoms with Crippen LogP contribution in [-0.2, 0) is 10.2 Å². The van der Waals surface area contributed by atoms with Crippen molar-refractivity contribution in [2.24, 2.45) is 0 Å². The van der Waals surface area contributed by atoms with Crippen molar-refractivity contribution in [1.82, 2.24) is 13.5 Å². The molecule has 2 atom stereocenters. The molecule has 0 spiro atoms. The number of hydrogen-bond donors (Lipinski definition) is 0. The first kappa shape index (κ1) is 16.0. The van der Waals surface area contributed by atoms with Crippen molar-refractivity contribution in [1.29, 1.82) is 0 Å². The number of rotatable bonds is 4. The van der Waals surface area contributed by atoms with Gasteiger partial charge in [0.2, 0.25) is 0 Å². The SMILES string of the molecule is CN1CCC[C@H](N(C)S(=O)(=O)N2CCC[C@@H]2c2ccco2)C1. The van der Waals surface area contributed by atoms with Crippen LogP contribution in [-0.4, -0.2) is 61.7 Å². The maximum atomic E-state index is 13.0. The summed E-state index contributed by atoms with van der Waals surface area (Å²) in [5.74, 6) is 0.746. The Bertz CT molecular complexity index is 587. The molecule has 0 amide bonds. The molecule has 0 unspecified atom stereocenters. The summed E-state index contributed by atoms with van der Waals surface area (Å²) < 4.78 is 34.7. The third-order valence-electron chi connectivity index (χ3n) is 4.85. The van der Waals surface area contributed by atoms with Gasteiger partial charge < -0.3 is 9.32 Å². The first-order chi connectivity index (χ1) is 10.5. The lowest BCUT2D eigenvalue weighted by molar-refractivity contribution is 0.179. The molecule has 124 valence electrons. The fourth-order valence-corrected chi connectivity index (χ4v) is 5.34. The zero-order chi connectivity index (χ0) is 15.7. The number of piperidine rings is 1. The molecule has 0 bridgehead atoms. The molecule has 0 aromatic carbocycles. The normalized spacial score (nSPS) is 28.5. The molecular formula is C15H25N3O3S. The summed E-state index contributed by atoms with van der Waals surface area (Å²) in [5.41, 5.74) is 0. The topological polar surface area (TPSA) is 57.0 Å². The zero-order valence-electron chi connectivity index (χ0n) is 13.3. The van der Waals surface area contributed by atoms with Gasteiger partial charge in [-0.05, 0) is 51.4 Å². The van der Waals surface area contributed by atoms with Crippen LogP contribution in [0.15, 0.2) is 22.8 Å². The minimum Gasteiger partial charge on any atom is -0.468 e. The van der Waals surface area contributed by atoms with Crippen LogP contribution < -0.4 is 0 Å². The van der Waals surface area contributed by atoms with Gasteiger partial charge in [0.25, 0.3) is 10.2 Å². The van der Waals surface area contributed by atoms with E-state index in [1.807, 2.05) is 19.2 Å². The number of likely N-dealkylation sites (N-methyl/N-ethyl adjacent to an activating group) is 2. The Labute approximate surface area is 132 Å². The van der Waals surface area contributed by atoms with Crippen molar-refractivity contribution in [3.8, 4) is 0 Å². The van der Waals surface area contributed by atoms with E-state index in [2.05, 4.69) is 4.90 Å². The summed E-state index contributed by atoms with van der Waals surface area (Å²) in [6.45, 7) is 2.42. The summed E-state index contributed by atoms with van der Waals surface area (Å²) >= 11 is 0. The highest BCUT2D eigenvalue weighted by Gasteiger charge is 2.41. The molecule has 0 N–H and O–H groups in total. The van der Waals surface area contributed by atoms with Crippen LogP contribution in [0.1, 0.15) is 37.5 Å². The maximum Gasteiger partial charge on any atom is 0.282 e. The molecule has 3 rings (SSSR count). The largest absolute Gasteiger partial charge is 0.468 e. The fraction of sp³-hybridized carbons (Fsp3) is 0.733. The summed E-state index contributed by atoms with van der Waals surface area (Å²) in [6, 6.07) is 3.58. The second kappa shape index (κ2) is 6.31. The molecule has 7 heteroatoms. The lowest BCUT2D eigenvalue weighted by Crippen LogP contribution is -2.51. The molecule has 2 aliphatic heterocycles. The van der Waals surface area contributed by atoms with Gasteiger partial charge in [-0.2, -0.15) is 17.0 Å². The van der Waals surface area contributed by atoms with E-state index < -0.39 is 10.2 Å². The van der Waals surface area contributed by atoms with Crippen molar-refractivity contribution >= 4 is 10.2 Å². The van der Waals surface area contributed by atoms with Gasteiger partial charge in [0, 0.05) is 26.2 Å². The Morgan fingerprint density at radius 2 is 2.05 bits per heavy atom. The van der Waals surface area contributed by atoms with Crippen LogP contribution in [0.2, 0.25) is 0 Å². The number of nitrogens with zero attached hydrogens (tertiary/aromatic N) is 3. The monoisotopic (exact) mass is 327 g/mol. The zero-order valence-corrected chi connectivity index (χ0v) is 14.1. The van der Waals surface area contributed by atoms with Crippen LogP contribution >= 0.6 is 0 Å². The standard InChI is InChI=1S/C15H25N3O3S/c1-16-9-3-6-13(12-16)17(2)22(19,20)18-10-4-7-14(18)15-8-5-11-21-15/h5,8,11,13-14H,3-4,6-7,9-10,12H2,1-2H3/t13-,14+/m0/s1. The van der Waals surface area contributed by atoms with Crippen LogP contribution in [0, 0.1) is 0 Å². The predicted molar refractivity (Wildman–Crippen MR) is 84.6 cm³/mol. The van der Waals surface area contributed by atoms with Crippen molar-refractivity contribution < 1.29 is 12.8 Å². The lowest BCUT2D eigenvalue weighted by Gasteiger charge is -2.37. The first-order valence-corrected chi connectivity index (χ1v) is 9.36. The van der Waals surface area contributed by atoms with Gasteiger partial charge in [-0.3, -0.25) is 0 Å². The molecule has 22 heavy (non-hydrogen) atoms. The van der Waals surface area contributed by atoms with Crippen molar-refractivity contribution in [2.75, 3.05) is 33.7 Å². The Balaban J connectivity index is 1.79. The molecule has 3 heterocycles. The summed E-state index contributed by atoms with van der Waals surface area (Å²) in [4.78, 5) is 2.20. The molecule has 2 aliphatic rings. The molecule has 0 saturated carbocycles. The second-order valence-corrected chi connectivity index (χ2v) is 8.31. The molecular weight excluding hydrogens is 302 g/mol. The van der Waals surface area contributed by atoms with Crippen LogP contribution in [0.3, 0.4) is 0 Å². The van der Waals surface area contributed by atoms with Crippen molar-refractivity contribution in [3.63, 3.8) is 0 Å². The third kappa shape index (κ3) is 2.95. The third-order valence-corrected chi connectivity index (χ3v) is 6.91. The molecule has 1 aromatic heterocycles. The van der Waals surface area contributed by atoms with E-state index in [0.717, 1.165) is 44.5 Å². The minimum atomic E-state index is -3.46. The molecule has 0 aliphatic carbocycles. The van der Waals surface area contributed by atoms with E-state index in [4.69, 9.17) is 4.42 Å². The maximum absolute atomic E-state index is 13.0. The predicted octanol–water partition coefficient (Wildman–Crippen LogP) is 1.69. The Hall–Kier alpha value is -0.890. The minimum absolute atomic E-state index is 0.0570. The average molecular weight is 327 g/mol. The Morgan fingerprint density at radius 1 is 1.27 bits per heavy atom. The van der Waals surface area contributed by atoms with E-state index >= 15 is 0 Å². The van der Waals surface area contributed by atoms with Crippen LogP contribution in [0.5, 0.6) is 0 Å². The van der Waals surface area contributed by atoms with Crippen LogP contribution in [0.4, 0.5) is 0 Å². The van der Waals surface area contributed by atoms with Crippen LogP contribution in [0.25, 0.3) is 0 Å². The Kier molecular flexibility index (Phi) is 4.59. The van der Waals surface area contributed by atoms with Gasteiger partial charge in [-0.15, -0.1) is 0 Å². The van der Waals surface area contributed by atoms with Gasteiger partial charge >= 0.3 is 0 Å². The van der Waals surface area contributed by atoms with E-state index in [1.54, 1.807) is 21.9 Å². The highest BCUT2D eigenvalue weighted by molar-refractivity contribution is 7.86.